The largest absolute Gasteiger partial charge is 0.310 e. The van der Waals surface area contributed by atoms with Gasteiger partial charge in [-0.15, -0.1) is 0 Å². The summed E-state index contributed by atoms with van der Waals surface area (Å²) in [5, 5.41) is 5.23. The van der Waals surface area contributed by atoms with E-state index in [2.05, 4.69) is 129 Å². The summed E-state index contributed by atoms with van der Waals surface area (Å²) in [6.45, 7) is 6.96. The van der Waals surface area contributed by atoms with Gasteiger partial charge >= 0.3 is 0 Å². The van der Waals surface area contributed by atoms with Gasteiger partial charge in [-0.1, -0.05) is 107 Å². The van der Waals surface area contributed by atoms with E-state index >= 15 is 0 Å². The molecule has 0 bridgehead atoms. The summed E-state index contributed by atoms with van der Waals surface area (Å²) in [4.78, 5) is 2.55. The number of hydrogen-bond donors (Lipinski definition) is 0. The predicted octanol–water partition coefficient (Wildman–Crippen LogP) is 7.20. The maximum atomic E-state index is 2.55. The molecule has 1 nitrogen and oxygen atoms in total. The summed E-state index contributed by atoms with van der Waals surface area (Å²) in [5.74, 6) is 0. The highest BCUT2D eigenvalue weighted by molar-refractivity contribution is 6.98. The van der Waals surface area contributed by atoms with Gasteiger partial charge in [-0.05, 0) is 71.6 Å². The minimum absolute atomic E-state index is 0.197. The number of aryl methyl sites for hydroxylation is 3. The molecular formula is C35H26BN. The van der Waals surface area contributed by atoms with Crippen molar-refractivity contribution in [2.24, 2.45) is 0 Å². The average molecular weight is 471 g/mol. The summed E-state index contributed by atoms with van der Waals surface area (Å²) in [7, 11) is 0. The molecule has 8 rings (SSSR count). The van der Waals surface area contributed by atoms with Crippen LogP contribution < -0.4 is 21.3 Å². The Morgan fingerprint density at radius 2 is 1.24 bits per heavy atom. The van der Waals surface area contributed by atoms with Crippen molar-refractivity contribution < 1.29 is 0 Å². The van der Waals surface area contributed by atoms with E-state index in [0.29, 0.717) is 0 Å². The Kier molecular flexibility index (Phi) is 4.15. The molecule has 0 spiro atoms. The van der Waals surface area contributed by atoms with Gasteiger partial charge < -0.3 is 4.90 Å². The van der Waals surface area contributed by atoms with Crippen LogP contribution in [0.5, 0.6) is 0 Å². The van der Waals surface area contributed by atoms with Crippen molar-refractivity contribution in [2.45, 2.75) is 20.8 Å². The standard InChI is InChI=1S/C35H26BN/c1-21-17-22(2)34(23(3)18-21)36-29-13-6-7-14-31(29)37-32-20-26-10-5-4-9-25(26)19-28(32)27-12-8-11-24-15-16-30(36)35(37)33(24)27/h4-20H,1-3H3. The summed E-state index contributed by atoms with van der Waals surface area (Å²) in [6, 6.07) is 38.8. The fraction of sp³-hybridized carbons (Fsp3) is 0.0857. The topological polar surface area (TPSA) is 3.24 Å². The average Bonchev–Trinajstić information content (AvgIpc) is 2.91. The molecule has 0 atom stereocenters. The Hall–Kier alpha value is -4.30. The van der Waals surface area contributed by atoms with Crippen molar-refractivity contribution in [3.05, 3.63) is 120 Å². The van der Waals surface area contributed by atoms with Crippen LogP contribution in [0.15, 0.2) is 103 Å². The normalized spacial score (nSPS) is 13.2. The molecule has 37 heavy (non-hydrogen) atoms. The van der Waals surface area contributed by atoms with E-state index in [1.54, 1.807) is 0 Å². The third-order valence-corrected chi connectivity index (χ3v) is 8.49. The second-order valence-electron chi connectivity index (χ2n) is 10.8. The van der Waals surface area contributed by atoms with Gasteiger partial charge in [0.15, 0.2) is 0 Å². The van der Waals surface area contributed by atoms with Gasteiger partial charge in [0.05, 0.1) is 5.69 Å². The van der Waals surface area contributed by atoms with Gasteiger partial charge in [-0.3, -0.25) is 0 Å². The van der Waals surface area contributed by atoms with Crippen molar-refractivity contribution in [3.63, 3.8) is 0 Å². The van der Waals surface area contributed by atoms with E-state index < -0.39 is 0 Å². The molecule has 2 heterocycles. The van der Waals surface area contributed by atoms with Crippen LogP contribution >= 0.6 is 0 Å². The molecule has 0 aromatic heterocycles. The van der Waals surface area contributed by atoms with Gasteiger partial charge in [-0.25, -0.2) is 0 Å². The Labute approximate surface area is 218 Å². The van der Waals surface area contributed by atoms with Crippen molar-refractivity contribution in [1.82, 2.24) is 0 Å². The van der Waals surface area contributed by atoms with Crippen LogP contribution in [0.3, 0.4) is 0 Å². The highest BCUT2D eigenvalue weighted by atomic mass is 15.2. The van der Waals surface area contributed by atoms with Crippen LogP contribution in [0, 0.1) is 20.8 Å². The van der Waals surface area contributed by atoms with E-state index in [1.807, 2.05) is 0 Å². The van der Waals surface area contributed by atoms with Crippen molar-refractivity contribution in [2.75, 3.05) is 4.90 Å². The summed E-state index contributed by atoms with van der Waals surface area (Å²) >= 11 is 0. The van der Waals surface area contributed by atoms with Crippen LogP contribution in [0.25, 0.3) is 32.7 Å². The zero-order chi connectivity index (χ0) is 24.8. The molecule has 2 aliphatic rings. The lowest BCUT2D eigenvalue weighted by atomic mass is 9.33. The second-order valence-corrected chi connectivity index (χ2v) is 10.8. The first kappa shape index (κ1) is 20.9. The van der Waals surface area contributed by atoms with Crippen molar-refractivity contribution in [1.29, 1.82) is 0 Å². The number of fused-ring (bicyclic) bond motifs is 6. The number of rotatable bonds is 1. The third-order valence-electron chi connectivity index (χ3n) is 8.49. The van der Waals surface area contributed by atoms with E-state index in [-0.39, 0.29) is 6.71 Å². The number of benzene rings is 6. The molecule has 6 aromatic carbocycles. The quantitative estimate of drug-likeness (QED) is 0.229. The van der Waals surface area contributed by atoms with Gasteiger partial charge in [0.2, 0.25) is 6.71 Å². The molecule has 0 saturated heterocycles. The van der Waals surface area contributed by atoms with Crippen molar-refractivity contribution in [3.8, 4) is 11.1 Å². The monoisotopic (exact) mass is 471 g/mol. The van der Waals surface area contributed by atoms with Crippen molar-refractivity contribution >= 4 is 61.7 Å². The molecular weight excluding hydrogens is 445 g/mol. The third kappa shape index (κ3) is 2.76. The first-order valence-electron chi connectivity index (χ1n) is 13.2. The lowest BCUT2D eigenvalue weighted by Crippen LogP contribution is -2.59. The van der Waals surface area contributed by atoms with E-state index in [0.717, 1.165) is 0 Å². The minimum Gasteiger partial charge on any atom is -0.310 e. The lowest BCUT2D eigenvalue weighted by Gasteiger charge is -2.42. The summed E-state index contributed by atoms with van der Waals surface area (Å²) in [6.07, 6.45) is 0. The smallest absolute Gasteiger partial charge is 0.247 e. The molecule has 174 valence electrons. The molecule has 0 unspecified atom stereocenters. The molecule has 0 fully saturated rings. The second kappa shape index (κ2) is 7.37. The highest BCUT2D eigenvalue weighted by Crippen LogP contribution is 2.52. The summed E-state index contributed by atoms with van der Waals surface area (Å²) in [5.41, 5.74) is 14.8. The molecule has 6 aromatic rings. The van der Waals surface area contributed by atoms with Crippen LogP contribution in [0.4, 0.5) is 17.1 Å². The van der Waals surface area contributed by atoms with Crippen LogP contribution in [0.2, 0.25) is 0 Å². The fourth-order valence-corrected chi connectivity index (χ4v) is 7.13. The molecule has 0 aliphatic carbocycles. The SMILES string of the molecule is Cc1cc(C)c(B2c3ccccc3N3c4cc5ccccc5cc4-c4cccc5ccc2c3c45)c(C)c1. The van der Waals surface area contributed by atoms with Gasteiger partial charge in [-0.2, -0.15) is 0 Å². The van der Waals surface area contributed by atoms with E-state index in [1.165, 1.54) is 82.8 Å². The van der Waals surface area contributed by atoms with E-state index in [4.69, 9.17) is 0 Å². The number of anilines is 3. The zero-order valence-corrected chi connectivity index (χ0v) is 21.3. The molecule has 2 aliphatic heterocycles. The minimum atomic E-state index is 0.197. The highest BCUT2D eigenvalue weighted by Gasteiger charge is 2.40. The summed E-state index contributed by atoms with van der Waals surface area (Å²) < 4.78 is 0. The molecule has 2 heteroatoms. The lowest BCUT2D eigenvalue weighted by molar-refractivity contribution is 1.30. The Balaban J connectivity index is 1.55. The Morgan fingerprint density at radius 3 is 2.05 bits per heavy atom. The molecule has 0 N–H and O–H groups in total. The Bertz CT molecular complexity index is 1910. The van der Waals surface area contributed by atoms with Gasteiger partial charge in [0, 0.05) is 22.3 Å². The van der Waals surface area contributed by atoms with E-state index in [9.17, 15) is 0 Å². The number of para-hydroxylation sites is 1. The van der Waals surface area contributed by atoms with Gasteiger partial charge in [0.25, 0.3) is 0 Å². The predicted molar refractivity (Wildman–Crippen MR) is 160 cm³/mol. The maximum absolute atomic E-state index is 2.55. The van der Waals surface area contributed by atoms with Crippen LogP contribution in [0.1, 0.15) is 16.7 Å². The zero-order valence-electron chi connectivity index (χ0n) is 21.3. The molecule has 0 saturated carbocycles. The first-order chi connectivity index (χ1) is 18.1. The van der Waals surface area contributed by atoms with Crippen LogP contribution in [-0.4, -0.2) is 6.71 Å². The maximum Gasteiger partial charge on any atom is 0.247 e. The fourth-order valence-electron chi connectivity index (χ4n) is 7.13. The number of nitrogens with zero attached hydrogens (tertiary/aromatic N) is 1. The number of hydrogen-bond acceptors (Lipinski definition) is 1. The molecule has 0 radical (unpaired) electrons. The Morgan fingerprint density at radius 1 is 0.541 bits per heavy atom. The van der Waals surface area contributed by atoms with Crippen LogP contribution in [-0.2, 0) is 0 Å². The van der Waals surface area contributed by atoms with Gasteiger partial charge in [0.1, 0.15) is 0 Å². The molecule has 0 amide bonds. The first-order valence-corrected chi connectivity index (χ1v) is 13.2.